The van der Waals surface area contributed by atoms with Crippen molar-refractivity contribution in [3.05, 3.63) is 69.2 Å². The molecule has 0 spiro atoms. The topological polar surface area (TPSA) is 75.4 Å². The third kappa shape index (κ3) is 4.92. The van der Waals surface area contributed by atoms with Crippen LogP contribution in [-0.4, -0.2) is 26.2 Å². The van der Waals surface area contributed by atoms with Gasteiger partial charge < -0.3 is 9.84 Å². The zero-order valence-corrected chi connectivity index (χ0v) is 18.2. The van der Waals surface area contributed by atoms with Crippen molar-refractivity contribution in [1.29, 1.82) is 0 Å². The summed E-state index contributed by atoms with van der Waals surface area (Å²) in [6, 6.07) is 11.8. The minimum absolute atomic E-state index is 0.0978. The van der Waals surface area contributed by atoms with Gasteiger partial charge in [0.25, 0.3) is 0 Å². The Hall–Kier alpha value is -2.93. The molecule has 0 aliphatic rings. The van der Waals surface area contributed by atoms with Crippen LogP contribution in [0.5, 0.6) is 11.5 Å². The highest BCUT2D eigenvalue weighted by Crippen LogP contribution is 2.25. The number of aryl methyl sites for hydroxylation is 2. The van der Waals surface area contributed by atoms with Gasteiger partial charge in [-0.05, 0) is 78.0 Å². The van der Waals surface area contributed by atoms with Crippen LogP contribution in [0.4, 0.5) is 0 Å². The van der Waals surface area contributed by atoms with Crippen LogP contribution in [0.25, 0.3) is 0 Å². The summed E-state index contributed by atoms with van der Waals surface area (Å²) in [4.78, 5) is 0. The summed E-state index contributed by atoms with van der Waals surface area (Å²) in [6.07, 6.45) is 1.69. The Labute approximate surface area is 175 Å². The molecule has 0 unspecified atom stereocenters. The second kappa shape index (κ2) is 8.21. The van der Waals surface area contributed by atoms with Crippen LogP contribution >= 0.6 is 12.2 Å². The highest BCUT2D eigenvalue weighted by atomic mass is 32.1. The molecular weight excluding hydrogens is 384 g/mol. The minimum atomic E-state index is 0.0978. The number of phenolic OH excluding ortho intramolecular Hbond substituents is 1. The van der Waals surface area contributed by atoms with Gasteiger partial charge in [0.1, 0.15) is 18.1 Å². The van der Waals surface area contributed by atoms with E-state index in [0.29, 0.717) is 16.3 Å². The predicted molar refractivity (Wildman–Crippen MR) is 117 cm³/mol. The maximum Gasteiger partial charge on any atom is 0.216 e. The Morgan fingerprint density at radius 2 is 1.79 bits per heavy atom. The van der Waals surface area contributed by atoms with Crippen molar-refractivity contribution >= 4 is 18.4 Å². The Kier molecular flexibility index (Phi) is 5.88. The lowest BCUT2D eigenvalue weighted by Gasteiger charge is -2.19. The van der Waals surface area contributed by atoms with Gasteiger partial charge in [-0.25, -0.2) is 5.10 Å². The van der Waals surface area contributed by atoms with Gasteiger partial charge in [-0.2, -0.15) is 14.9 Å². The quantitative estimate of drug-likeness (QED) is 0.457. The molecule has 3 rings (SSSR count). The third-order valence-corrected chi connectivity index (χ3v) is 4.91. The monoisotopic (exact) mass is 410 g/mol. The largest absolute Gasteiger partial charge is 0.507 e. The van der Waals surface area contributed by atoms with Crippen LogP contribution in [0, 0.1) is 18.6 Å². The van der Waals surface area contributed by atoms with Gasteiger partial charge >= 0.3 is 0 Å². The highest BCUT2D eigenvalue weighted by Gasteiger charge is 2.13. The van der Waals surface area contributed by atoms with E-state index in [2.05, 4.69) is 48.2 Å². The molecule has 3 aromatic rings. The third-order valence-electron chi connectivity index (χ3n) is 4.64. The summed E-state index contributed by atoms with van der Waals surface area (Å²) in [6.45, 7) is 10.5. The van der Waals surface area contributed by atoms with Gasteiger partial charge in [-0.3, -0.25) is 0 Å². The molecule has 0 aliphatic heterocycles. The fraction of sp³-hybridized carbons (Fsp3) is 0.318. The molecule has 2 aromatic carbocycles. The van der Waals surface area contributed by atoms with Gasteiger partial charge in [0.05, 0.1) is 6.21 Å². The summed E-state index contributed by atoms with van der Waals surface area (Å²) >= 11 is 5.29. The van der Waals surface area contributed by atoms with E-state index in [4.69, 9.17) is 17.0 Å². The summed E-state index contributed by atoms with van der Waals surface area (Å²) in [5.41, 5.74) is 3.80. The number of aromatic amines is 1. The van der Waals surface area contributed by atoms with Crippen molar-refractivity contribution in [2.24, 2.45) is 5.10 Å². The average Bonchev–Trinajstić information content (AvgIpc) is 3.02. The number of rotatable bonds is 5. The lowest BCUT2D eigenvalue weighted by Crippen LogP contribution is -2.10. The van der Waals surface area contributed by atoms with Crippen LogP contribution in [0.3, 0.4) is 0 Å². The van der Waals surface area contributed by atoms with Crippen LogP contribution in [0.15, 0.2) is 41.5 Å². The second-order valence-corrected chi connectivity index (χ2v) is 8.45. The number of phenols is 1. The molecule has 0 amide bonds. The van der Waals surface area contributed by atoms with Crippen molar-refractivity contribution in [2.45, 2.75) is 46.6 Å². The second-order valence-electron chi connectivity index (χ2n) is 8.07. The molecule has 1 aromatic heterocycles. The van der Waals surface area contributed by atoms with Crippen LogP contribution in [0.2, 0.25) is 0 Å². The molecule has 0 bridgehead atoms. The van der Waals surface area contributed by atoms with Crippen molar-refractivity contribution in [3.8, 4) is 11.5 Å². The Morgan fingerprint density at radius 1 is 1.17 bits per heavy atom. The van der Waals surface area contributed by atoms with E-state index in [1.54, 1.807) is 6.21 Å². The fourth-order valence-electron chi connectivity index (χ4n) is 2.92. The van der Waals surface area contributed by atoms with E-state index in [1.165, 1.54) is 10.2 Å². The number of H-pyrrole nitrogens is 1. The lowest BCUT2D eigenvalue weighted by atomic mass is 9.87. The average molecular weight is 411 g/mol. The molecule has 0 fully saturated rings. The molecule has 1 heterocycles. The minimum Gasteiger partial charge on any atom is -0.507 e. The van der Waals surface area contributed by atoms with Crippen LogP contribution < -0.4 is 4.74 Å². The Balaban J connectivity index is 1.75. The van der Waals surface area contributed by atoms with Crippen LogP contribution in [0.1, 0.15) is 48.8 Å². The maximum absolute atomic E-state index is 9.91. The van der Waals surface area contributed by atoms with E-state index in [-0.39, 0.29) is 12.0 Å². The highest BCUT2D eigenvalue weighted by molar-refractivity contribution is 7.71. The smallest absolute Gasteiger partial charge is 0.216 e. The predicted octanol–water partition coefficient (Wildman–Crippen LogP) is 5.02. The molecule has 152 valence electrons. The number of aromatic hydroxyl groups is 1. The van der Waals surface area contributed by atoms with Crippen molar-refractivity contribution < 1.29 is 9.84 Å². The normalized spacial score (nSPS) is 11.9. The summed E-state index contributed by atoms with van der Waals surface area (Å²) in [7, 11) is 0. The number of benzene rings is 2. The number of hydrogen-bond acceptors (Lipinski definition) is 5. The molecule has 0 aliphatic carbocycles. The first-order valence-electron chi connectivity index (χ1n) is 9.39. The molecule has 0 saturated heterocycles. The number of nitrogens with zero attached hydrogens (tertiary/aromatic N) is 3. The number of nitrogens with one attached hydrogen (secondary N) is 1. The standard InChI is InChI=1S/C22H26N4O2S/c1-14-10-16(11-15(2)20(14)27)12-23-26-19(24-25-21(26)29)13-28-18-8-6-17(7-9-18)22(3,4)5/h6-12,27H,13H2,1-5H3,(H,25,29)/b23-12+. The maximum atomic E-state index is 9.91. The van der Waals surface area contributed by atoms with Gasteiger partial charge in [0.2, 0.25) is 4.77 Å². The molecule has 7 heteroatoms. The molecule has 0 radical (unpaired) electrons. The number of ether oxygens (including phenoxy) is 1. The molecular formula is C22H26N4O2S. The fourth-order valence-corrected chi connectivity index (χ4v) is 3.12. The van der Waals surface area contributed by atoms with E-state index in [0.717, 1.165) is 22.4 Å². The van der Waals surface area contributed by atoms with Crippen molar-refractivity contribution in [2.75, 3.05) is 0 Å². The van der Waals surface area contributed by atoms with Crippen molar-refractivity contribution in [3.63, 3.8) is 0 Å². The first-order valence-corrected chi connectivity index (χ1v) is 9.80. The Morgan fingerprint density at radius 3 is 2.38 bits per heavy atom. The van der Waals surface area contributed by atoms with Gasteiger partial charge in [-0.15, -0.1) is 0 Å². The molecule has 0 atom stereocenters. The summed E-state index contributed by atoms with van der Waals surface area (Å²) in [5, 5.41) is 21.3. The van der Waals surface area contributed by atoms with E-state index in [9.17, 15) is 5.11 Å². The molecule has 6 nitrogen and oxygen atoms in total. The zero-order chi connectivity index (χ0) is 21.2. The summed E-state index contributed by atoms with van der Waals surface area (Å²) in [5.74, 6) is 1.62. The van der Waals surface area contributed by atoms with E-state index in [1.807, 2.05) is 38.1 Å². The molecule has 0 saturated carbocycles. The first-order chi connectivity index (χ1) is 13.6. The van der Waals surface area contributed by atoms with Gasteiger partial charge in [-0.1, -0.05) is 32.9 Å². The number of hydrogen-bond donors (Lipinski definition) is 2. The van der Waals surface area contributed by atoms with Gasteiger partial charge in [0.15, 0.2) is 5.82 Å². The lowest BCUT2D eigenvalue weighted by molar-refractivity contribution is 0.290. The van der Waals surface area contributed by atoms with E-state index >= 15 is 0 Å². The van der Waals surface area contributed by atoms with Crippen molar-refractivity contribution in [1.82, 2.24) is 14.9 Å². The van der Waals surface area contributed by atoms with Gasteiger partial charge in [0, 0.05) is 0 Å². The molecule has 2 N–H and O–H groups in total. The zero-order valence-electron chi connectivity index (χ0n) is 17.4. The van der Waals surface area contributed by atoms with E-state index < -0.39 is 0 Å². The summed E-state index contributed by atoms with van der Waals surface area (Å²) < 4.78 is 7.79. The molecule has 29 heavy (non-hydrogen) atoms. The Bertz CT molecular complexity index is 1070. The SMILES string of the molecule is Cc1cc(/C=N/n2c(COc3ccc(C(C)(C)C)cc3)n[nH]c2=S)cc(C)c1O. The first kappa shape index (κ1) is 20.8. The number of aromatic nitrogens is 3. The van der Waals surface area contributed by atoms with Crippen LogP contribution in [-0.2, 0) is 12.0 Å².